The second-order valence-corrected chi connectivity index (χ2v) is 13.3. The molecule has 0 heterocycles. The maximum absolute atomic E-state index is 12.2. The third kappa shape index (κ3) is 16.6. The minimum atomic E-state index is -1.85. The Balaban J connectivity index is 6.24. The second kappa shape index (κ2) is 21.8. The van der Waals surface area contributed by atoms with Crippen LogP contribution in [0.4, 0.5) is 0 Å². The molecule has 0 aliphatic heterocycles. The zero-order valence-electron chi connectivity index (χ0n) is 28.4. The molecule has 10 N–H and O–H groups in total. The van der Waals surface area contributed by atoms with Crippen LogP contribution in [0.1, 0.15) is 78.1 Å². The first-order valence-corrected chi connectivity index (χ1v) is 16.2. The van der Waals surface area contributed by atoms with Gasteiger partial charge in [-0.2, -0.15) is 0 Å². The molecule has 0 spiro atoms. The average Bonchev–Trinajstić information content (AvgIpc) is 2.99. The number of hydrogen-bond acceptors (Lipinski definition) is 10. The third-order valence-corrected chi connectivity index (χ3v) is 9.14. The first-order chi connectivity index (χ1) is 23.9. The molecule has 0 saturated heterocycles. The molecule has 0 radical (unpaired) electrons. The Morgan fingerprint density at radius 1 is 0.327 bits per heavy atom. The quantitative estimate of drug-likeness (QED) is 0.0522. The van der Waals surface area contributed by atoms with Gasteiger partial charge in [0.1, 0.15) is 0 Å². The van der Waals surface area contributed by atoms with E-state index < -0.39 is 183 Å². The Morgan fingerprint density at radius 2 is 0.538 bits per heavy atom. The van der Waals surface area contributed by atoms with Crippen LogP contribution in [-0.2, 0) is 47.9 Å². The molecule has 0 aromatic heterocycles. The lowest BCUT2D eigenvalue weighted by Crippen LogP contribution is -2.33. The van der Waals surface area contributed by atoms with Crippen molar-refractivity contribution in [3.05, 3.63) is 0 Å². The van der Waals surface area contributed by atoms with Crippen LogP contribution in [0.15, 0.2) is 0 Å². The van der Waals surface area contributed by atoms with Gasteiger partial charge in [0.05, 0.1) is 53.3 Å². The van der Waals surface area contributed by atoms with Crippen molar-refractivity contribution >= 4 is 59.7 Å². The number of aliphatic carboxylic acids is 10. The zero-order valence-corrected chi connectivity index (χ0v) is 28.4. The maximum atomic E-state index is 12.2. The maximum Gasteiger partial charge on any atom is 0.306 e. The van der Waals surface area contributed by atoms with E-state index in [4.69, 9.17) is 5.11 Å². The molecular formula is C32H46O20. The van der Waals surface area contributed by atoms with Gasteiger partial charge in [-0.25, -0.2) is 0 Å². The fourth-order valence-electron chi connectivity index (χ4n) is 6.09. The van der Waals surface area contributed by atoms with Gasteiger partial charge < -0.3 is 51.1 Å². The van der Waals surface area contributed by atoms with E-state index in [1.165, 1.54) is 13.8 Å². The predicted molar refractivity (Wildman–Crippen MR) is 169 cm³/mol. The minimum Gasteiger partial charge on any atom is -0.481 e. The van der Waals surface area contributed by atoms with Crippen LogP contribution in [0.5, 0.6) is 0 Å². The van der Waals surface area contributed by atoms with Crippen LogP contribution in [0.2, 0.25) is 0 Å². The van der Waals surface area contributed by atoms with Crippen LogP contribution in [0.3, 0.4) is 0 Å². The van der Waals surface area contributed by atoms with Gasteiger partial charge in [-0.1, -0.05) is 13.8 Å². The fourth-order valence-corrected chi connectivity index (χ4v) is 6.09. The van der Waals surface area contributed by atoms with Crippen molar-refractivity contribution < 1.29 is 99.0 Å². The minimum absolute atomic E-state index is 0.491. The summed E-state index contributed by atoms with van der Waals surface area (Å²) in [5.41, 5.74) is 0. The third-order valence-electron chi connectivity index (χ3n) is 9.14. The van der Waals surface area contributed by atoms with Gasteiger partial charge in [0, 0.05) is 6.42 Å². The lowest BCUT2D eigenvalue weighted by Gasteiger charge is -2.26. The SMILES string of the molecule is CC(C)C(CC(CC(CC(CC(CC(CC(CC(CC(CCC(=O)O)C(=O)O)C(=O)O)C(=O)O)C(=O)O)C(=O)O)C(=O)O)C(=O)O)C(=O)O)C(=O)O. The molecule has 294 valence electrons. The number of carbonyl (C=O) groups is 10. The van der Waals surface area contributed by atoms with Crippen LogP contribution < -0.4 is 0 Å². The van der Waals surface area contributed by atoms with E-state index in [2.05, 4.69) is 0 Å². The Bertz CT molecular complexity index is 1340. The highest BCUT2D eigenvalue weighted by Crippen LogP contribution is 2.34. The van der Waals surface area contributed by atoms with Crippen molar-refractivity contribution in [2.75, 3.05) is 0 Å². The summed E-state index contributed by atoms with van der Waals surface area (Å²) in [4.78, 5) is 119. The molecule has 20 nitrogen and oxygen atoms in total. The molecule has 0 saturated carbocycles. The highest BCUT2D eigenvalue weighted by Gasteiger charge is 2.39. The van der Waals surface area contributed by atoms with Gasteiger partial charge in [0.15, 0.2) is 0 Å². The highest BCUT2D eigenvalue weighted by atomic mass is 16.4. The van der Waals surface area contributed by atoms with Crippen LogP contribution >= 0.6 is 0 Å². The average molecular weight is 751 g/mol. The topological polar surface area (TPSA) is 373 Å². The Hall–Kier alpha value is -5.30. The lowest BCUT2D eigenvalue weighted by molar-refractivity contribution is -0.152. The van der Waals surface area contributed by atoms with Crippen molar-refractivity contribution in [2.24, 2.45) is 59.2 Å². The van der Waals surface area contributed by atoms with Gasteiger partial charge in [-0.15, -0.1) is 0 Å². The van der Waals surface area contributed by atoms with Gasteiger partial charge in [0.2, 0.25) is 0 Å². The van der Waals surface area contributed by atoms with E-state index in [1.807, 2.05) is 0 Å². The molecule has 0 rings (SSSR count). The normalized spacial score (nSPS) is 16.5. The van der Waals surface area contributed by atoms with Crippen molar-refractivity contribution in [1.82, 2.24) is 0 Å². The Morgan fingerprint density at radius 3 is 0.712 bits per heavy atom. The summed E-state index contributed by atoms with van der Waals surface area (Å²) >= 11 is 0. The number of carboxylic acids is 10. The second-order valence-electron chi connectivity index (χ2n) is 13.3. The van der Waals surface area contributed by atoms with E-state index in [-0.39, 0.29) is 0 Å². The van der Waals surface area contributed by atoms with Gasteiger partial charge in [-0.05, 0) is 63.7 Å². The van der Waals surface area contributed by atoms with Crippen molar-refractivity contribution in [1.29, 1.82) is 0 Å². The van der Waals surface area contributed by atoms with Crippen LogP contribution in [0.25, 0.3) is 0 Å². The van der Waals surface area contributed by atoms with Gasteiger partial charge >= 0.3 is 59.7 Å². The number of rotatable bonds is 29. The van der Waals surface area contributed by atoms with Crippen molar-refractivity contribution in [3.63, 3.8) is 0 Å². The molecule has 20 heteroatoms. The smallest absolute Gasteiger partial charge is 0.306 e. The molecule has 0 aromatic rings. The molecule has 9 unspecified atom stereocenters. The van der Waals surface area contributed by atoms with E-state index in [0.29, 0.717) is 0 Å². The van der Waals surface area contributed by atoms with E-state index >= 15 is 0 Å². The molecule has 0 amide bonds. The standard InChI is InChI=1S/C32H46O20/c1-13(2)22(32(51)52)12-21(31(49)50)11-20(30(47)48)10-19(29(45)46)9-18(28(43)44)8-17(27(41)42)7-16(26(39)40)6-15(25(37)38)5-14(24(35)36)3-4-23(33)34/h13-22H,3-12H2,1-2H3,(H,33,34)(H,35,36)(H,37,38)(H,39,40)(H,41,42)(H,43,44)(H,45,46)(H,47,48)(H,49,50)(H,51,52). The number of carboxylic acid groups (broad SMARTS) is 10. The predicted octanol–water partition coefficient (Wildman–Crippen LogP) is 1.94. The van der Waals surface area contributed by atoms with E-state index in [1.54, 1.807) is 0 Å². The summed E-state index contributed by atoms with van der Waals surface area (Å²) in [6.07, 6.45) is -7.39. The first kappa shape index (κ1) is 46.7. The Kier molecular flexibility index (Phi) is 19.6. The largest absolute Gasteiger partial charge is 0.481 e. The summed E-state index contributed by atoms with van der Waals surface area (Å²) in [6.45, 7) is 3.01. The molecular weight excluding hydrogens is 704 g/mol. The molecule has 0 aliphatic carbocycles. The zero-order chi connectivity index (χ0) is 40.6. The van der Waals surface area contributed by atoms with Crippen LogP contribution in [-0.4, -0.2) is 111 Å². The summed E-state index contributed by atoms with van der Waals surface area (Å²) in [6, 6.07) is 0. The van der Waals surface area contributed by atoms with Gasteiger partial charge in [-0.3, -0.25) is 47.9 Å². The van der Waals surface area contributed by atoms with Crippen LogP contribution in [0, 0.1) is 59.2 Å². The summed E-state index contributed by atoms with van der Waals surface area (Å²) in [5, 5.41) is 96.2. The van der Waals surface area contributed by atoms with Gasteiger partial charge in [0.25, 0.3) is 0 Å². The lowest BCUT2D eigenvalue weighted by atomic mass is 9.76. The molecule has 52 heavy (non-hydrogen) atoms. The molecule has 9 atom stereocenters. The van der Waals surface area contributed by atoms with Crippen molar-refractivity contribution in [3.8, 4) is 0 Å². The summed E-state index contributed by atoms with van der Waals surface area (Å²) in [7, 11) is 0. The van der Waals surface area contributed by atoms with Crippen molar-refractivity contribution in [2.45, 2.75) is 78.1 Å². The first-order valence-electron chi connectivity index (χ1n) is 16.2. The monoisotopic (exact) mass is 750 g/mol. The highest BCUT2D eigenvalue weighted by molar-refractivity contribution is 5.79. The Labute approximate surface area is 296 Å². The van der Waals surface area contributed by atoms with E-state index in [9.17, 15) is 93.9 Å². The molecule has 0 bridgehead atoms. The molecule has 0 aliphatic rings. The summed E-state index contributed by atoms with van der Waals surface area (Å²) < 4.78 is 0. The fraction of sp³-hybridized carbons (Fsp3) is 0.688. The number of hydrogen-bond donors (Lipinski definition) is 10. The molecule has 0 fully saturated rings. The summed E-state index contributed by atoms with van der Waals surface area (Å²) in [5.74, 6) is -31.6. The van der Waals surface area contributed by atoms with E-state index in [0.717, 1.165) is 0 Å². The molecule has 0 aromatic carbocycles.